The Kier molecular flexibility index (Phi) is 8.25. The van der Waals surface area contributed by atoms with Crippen LogP contribution in [0, 0.1) is 12.7 Å². The van der Waals surface area contributed by atoms with E-state index in [0.717, 1.165) is 11.1 Å². The SMILES string of the molecule is Cc1ccc(-c2ccc(C(=O)N([C@@H](CCC(N)=O)C(=O)O)C(C)(C)Cc3ccccc3)cc2)cc1F. The van der Waals surface area contributed by atoms with Crippen LogP contribution in [0.1, 0.15) is 48.2 Å². The zero-order chi connectivity index (χ0) is 26.5. The predicted octanol–water partition coefficient (Wildman–Crippen LogP) is 4.98. The van der Waals surface area contributed by atoms with E-state index < -0.39 is 29.4 Å². The number of nitrogens with two attached hydrogens (primary N) is 1. The zero-order valence-corrected chi connectivity index (χ0v) is 20.7. The lowest BCUT2D eigenvalue weighted by molar-refractivity contribution is -0.144. The third-order valence-corrected chi connectivity index (χ3v) is 6.25. The minimum Gasteiger partial charge on any atom is -0.480 e. The van der Waals surface area contributed by atoms with E-state index in [2.05, 4.69) is 0 Å². The number of carboxylic acid groups (broad SMARTS) is 1. The van der Waals surface area contributed by atoms with E-state index in [4.69, 9.17) is 5.73 Å². The highest BCUT2D eigenvalue weighted by Gasteiger charge is 2.40. The number of halogens is 1. The zero-order valence-electron chi connectivity index (χ0n) is 20.7. The molecule has 3 N–H and O–H groups in total. The molecule has 7 heteroatoms. The Morgan fingerprint density at radius 1 is 0.972 bits per heavy atom. The predicted molar refractivity (Wildman–Crippen MR) is 137 cm³/mol. The molecule has 0 fully saturated rings. The number of benzene rings is 3. The van der Waals surface area contributed by atoms with Crippen molar-refractivity contribution >= 4 is 17.8 Å². The molecule has 3 aromatic carbocycles. The van der Waals surface area contributed by atoms with E-state index in [1.165, 1.54) is 11.0 Å². The van der Waals surface area contributed by atoms with E-state index in [-0.39, 0.29) is 24.2 Å². The van der Waals surface area contributed by atoms with Crippen molar-refractivity contribution in [3.8, 4) is 11.1 Å². The quantitative estimate of drug-likeness (QED) is 0.418. The second kappa shape index (κ2) is 11.2. The molecule has 0 saturated heterocycles. The molecule has 0 radical (unpaired) electrons. The third kappa shape index (κ3) is 6.36. The number of nitrogens with zero attached hydrogens (tertiary/aromatic N) is 1. The second-order valence-electron chi connectivity index (χ2n) is 9.55. The molecule has 0 aliphatic heterocycles. The number of carbonyl (C=O) groups excluding carboxylic acids is 2. The summed E-state index contributed by atoms with van der Waals surface area (Å²) >= 11 is 0. The number of aliphatic carboxylic acids is 1. The molecule has 0 spiro atoms. The Morgan fingerprint density at radius 2 is 1.58 bits per heavy atom. The largest absolute Gasteiger partial charge is 0.480 e. The summed E-state index contributed by atoms with van der Waals surface area (Å²) in [7, 11) is 0. The molecular formula is C29H31FN2O4. The molecule has 0 saturated carbocycles. The van der Waals surface area contributed by atoms with E-state index >= 15 is 0 Å². The number of hydrogen-bond donors (Lipinski definition) is 2. The summed E-state index contributed by atoms with van der Waals surface area (Å²) in [5.74, 6) is -2.64. The van der Waals surface area contributed by atoms with Gasteiger partial charge in [0.1, 0.15) is 11.9 Å². The van der Waals surface area contributed by atoms with E-state index in [0.29, 0.717) is 17.5 Å². The van der Waals surface area contributed by atoms with Gasteiger partial charge >= 0.3 is 5.97 Å². The molecule has 3 rings (SSSR count). The van der Waals surface area contributed by atoms with Gasteiger partial charge in [-0.1, -0.05) is 54.6 Å². The average molecular weight is 491 g/mol. The molecule has 0 aliphatic rings. The van der Waals surface area contributed by atoms with Crippen LogP contribution < -0.4 is 5.73 Å². The van der Waals surface area contributed by atoms with E-state index in [1.54, 1.807) is 43.3 Å². The Hall–Kier alpha value is -4.00. The maximum atomic E-state index is 14.0. The molecule has 0 aliphatic carbocycles. The van der Waals surface area contributed by atoms with Crippen molar-refractivity contribution in [3.05, 3.63) is 95.3 Å². The van der Waals surface area contributed by atoms with Gasteiger partial charge in [-0.15, -0.1) is 0 Å². The van der Waals surface area contributed by atoms with E-state index in [9.17, 15) is 23.9 Å². The Morgan fingerprint density at radius 3 is 2.14 bits per heavy atom. The molecule has 0 unspecified atom stereocenters. The summed E-state index contributed by atoms with van der Waals surface area (Å²) in [6.45, 7) is 5.30. The van der Waals surface area contributed by atoms with Crippen LogP contribution >= 0.6 is 0 Å². The Labute approximate surface area is 210 Å². The van der Waals surface area contributed by atoms with Crippen LogP contribution in [-0.4, -0.2) is 39.4 Å². The summed E-state index contributed by atoms with van der Waals surface area (Å²) in [4.78, 5) is 38.9. The first-order valence-corrected chi connectivity index (χ1v) is 11.7. The number of rotatable bonds is 10. The normalized spacial score (nSPS) is 12.1. The van der Waals surface area contributed by atoms with Crippen LogP contribution in [0.4, 0.5) is 4.39 Å². The standard InChI is InChI=1S/C29H31FN2O4/c1-19-9-10-23(17-24(19)30)21-11-13-22(14-12-21)27(34)32(25(28(35)36)15-16-26(31)33)29(2,3)18-20-7-5-4-6-8-20/h4-14,17,25H,15-16,18H2,1-3H3,(H2,31,33)(H,35,36)/t25-/m0/s1. The van der Waals surface area contributed by atoms with Gasteiger partial charge in [0.2, 0.25) is 5.91 Å². The number of aryl methyl sites for hydroxylation is 1. The first-order valence-electron chi connectivity index (χ1n) is 11.7. The van der Waals surface area contributed by atoms with Gasteiger partial charge in [0.05, 0.1) is 0 Å². The topological polar surface area (TPSA) is 101 Å². The molecule has 0 aromatic heterocycles. The Bertz CT molecular complexity index is 1240. The molecule has 2 amide bonds. The molecule has 1 atom stereocenters. The monoisotopic (exact) mass is 490 g/mol. The number of carbonyl (C=O) groups is 3. The van der Waals surface area contributed by atoms with Crippen molar-refractivity contribution in [1.29, 1.82) is 0 Å². The number of primary amides is 1. The van der Waals surface area contributed by atoms with Gasteiger partial charge in [0.15, 0.2) is 0 Å². The minimum absolute atomic E-state index is 0.102. The molecule has 3 aromatic rings. The fourth-order valence-electron chi connectivity index (χ4n) is 4.38. The van der Waals surface area contributed by atoms with Gasteiger partial charge in [0.25, 0.3) is 5.91 Å². The maximum Gasteiger partial charge on any atom is 0.326 e. The van der Waals surface area contributed by atoms with Crippen molar-refractivity contribution < 1.29 is 23.9 Å². The smallest absolute Gasteiger partial charge is 0.326 e. The number of amides is 2. The summed E-state index contributed by atoms with van der Waals surface area (Å²) in [5, 5.41) is 10.0. The molecule has 188 valence electrons. The first kappa shape index (κ1) is 26.6. The molecule has 36 heavy (non-hydrogen) atoms. The van der Waals surface area contributed by atoms with Gasteiger partial charge in [-0.2, -0.15) is 0 Å². The van der Waals surface area contributed by atoms with Gasteiger partial charge in [-0.3, -0.25) is 9.59 Å². The summed E-state index contributed by atoms with van der Waals surface area (Å²) in [6.07, 6.45) is 0.135. The van der Waals surface area contributed by atoms with Crippen molar-refractivity contribution in [2.24, 2.45) is 5.73 Å². The summed E-state index contributed by atoms with van der Waals surface area (Å²) < 4.78 is 14.0. The van der Waals surface area contributed by atoms with Gasteiger partial charge in [0, 0.05) is 17.5 Å². The highest BCUT2D eigenvalue weighted by molar-refractivity contribution is 5.97. The van der Waals surface area contributed by atoms with Crippen LogP contribution in [0.15, 0.2) is 72.8 Å². The maximum absolute atomic E-state index is 14.0. The average Bonchev–Trinajstić information content (AvgIpc) is 2.83. The fourth-order valence-corrected chi connectivity index (χ4v) is 4.38. The van der Waals surface area contributed by atoms with Gasteiger partial charge in [-0.25, -0.2) is 9.18 Å². The van der Waals surface area contributed by atoms with Gasteiger partial charge < -0.3 is 15.7 Å². The summed E-state index contributed by atoms with van der Waals surface area (Å²) in [6, 6.07) is 19.8. The lowest BCUT2D eigenvalue weighted by atomic mass is 9.89. The summed E-state index contributed by atoms with van der Waals surface area (Å²) in [5.41, 5.74) is 7.55. The first-order chi connectivity index (χ1) is 17.0. The van der Waals surface area contributed by atoms with E-state index in [1.807, 2.05) is 44.2 Å². The molecule has 6 nitrogen and oxygen atoms in total. The van der Waals surface area contributed by atoms with Crippen LogP contribution in [0.3, 0.4) is 0 Å². The van der Waals surface area contributed by atoms with Crippen molar-refractivity contribution in [1.82, 2.24) is 4.90 Å². The highest BCUT2D eigenvalue weighted by Crippen LogP contribution is 2.29. The van der Waals surface area contributed by atoms with Crippen molar-refractivity contribution in [2.45, 2.75) is 51.6 Å². The lowest BCUT2D eigenvalue weighted by Gasteiger charge is -2.42. The Balaban J connectivity index is 1.99. The minimum atomic E-state index is -1.26. The highest BCUT2D eigenvalue weighted by atomic mass is 19.1. The molecule has 0 bridgehead atoms. The lowest BCUT2D eigenvalue weighted by Crippen LogP contribution is -2.57. The van der Waals surface area contributed by atoms with Crippen molar-refractivity contribution in [2.75, 3.05) is 0 Å². The van der Waals surface area contributed by atoms with Crippen molar-refractivity contribution in [3.63, 3.8) is 0 Å². The second-order valence-corrected chi connectivity index (χ2v) is 9.55. The van der Waals surface area contributed by atoms with Crippen LogP contribution in [0.5, 0.6) is 0 Å². The fraction of sp³-hybridized carbons (Fsp3) is 0.276. The molecule has 0 heterocycles. The number of hydrogen-bond acceptors (Lipinski definition) is 3. The van der Waals surface area contributed by atoms with Gasteiger partial charge in [-0.05, 0) is 74.1 Å². The van der Waals surface area contributed by atoms with Crippen LogP contribution in [-0.2, 0) is 16.0 Å². The molecular weight excluding hydrogens is 459 g/mol. The van der Waals surface area contributed by atoms with Crippen LogP contribution in [0.2, 0.25) is 0 Å². The van der Waals surface area contributed by atoms with Crippen LogP contribution in [0.25, 0.3) is 11.1 Å². The number of carboxylic acids is 1. The third-order valence-electron chi connectivity index (χ3n) is 6.25.